The normalized spacial score (nSPS) is 16.4. The zero-order valence-corrected chi connectivity index (χ0v) is 24.6. The van der Waals surface area contributed by atoms with E-state index in [1.807, 2.05) is 0 Å². The number of nitrogens with one attached hydrogen (secondary N) is 1. The number of fused-ring (bicyclic) bond motifs is 2. The summed E-state index contributed by atoms with van der Waals surface area (Å²) in [4.78, 5) is 75.4. The summed E-state index contributed by atoms with van der Waals surface area (Å²) in [7, 11) is -9.74. The predicted molar refractivity (Wildman–Crippen MR) is 144 cm³/mol. The molecule has 0 bridgehead atoms. The molecule has 0 amide bonds. The maximum absolute atomic E-state index is 12.9. The summed E-state index contributed by atoms with van der Waals surface area (Å²) < 4.78 is 56.0. The topological polar surface area (TPSA) is 248 Å². The molecule has 0 saturated carbocycles. The zero-order valence-electron chi connectivity index (χ0n) is 22.8. The zero-order chi connectivity index (χ0) is 31.9. The number of hydrogen-bond donors (Lipinski definition) is 3. The molecular weight excluding hydrogens is 623 g/mol. The van der Waals surface area contributed by atoms with E-state index in [0.29, 0.717) is 15.6 Å². The smallest absolute Gasteiger partial charge is 0.267 e. The molecule has 43 heavy (non-hydrogen) atoms. The van der Waals surface area contributed by atoms with Gasteiger partial charge < -0.3 is 38.1 Å². The second-order valence-electron chi connectivity index (χ2n) is 9.46. The average molecular weight is 653 g/mol. The van der Waals surface area contributed by atoms with Crippen molar-refractivity contribution >= 4 is 37.2 Å². The molecular formula is C23H30FN3O14P2-2. The number of halogens is 1. The van der Waals surface area contributed by atoms with Crippen molar-refractivity contribution in [2.75, 3.05) is 46.2 Å². The van der Waals surface area contributed by atoms with E-state index in [4.69, 9.17) is 19.3 Å². The van der Waals surface area contributed by atoms with Gasteiger partial charge in [0.25, 0.3) is 37.9 Å². The van der Waals surface area contributed by atoms with Crippen LogP contribution in [0.2, 0.25) is 0 Å². The highest BCUT2D eigenvalue weighted by molar-refractivity contribution is 7.46. The molecule has 2 aromatic heterocycles. The number of phosphoric ester groups is 2. The van der Waals surface area contributed by atoms with Crippen LogP contribution in [-0.2, 0) is 40.3 Å². The van der Waals surface area contributed by atoms with E-state index in [1.54, 1.807) is 6.92 Å². The van der Waals surface area contributed by atoms with Crippen molar-refractivity contribution < 1.29 is 51.7 Å². The Kier molecular flexibility index (Phi) is 12.2. The maximum atomic E-state index is 12.9. The first-order valence-electron chi connectivity index (χ1n) is 12.9. The van der Waals surface area contributed by atoms with E-state index in [2.05, 4.69) is 9.05 Å². The van der Waals surface area contributed by atoms with E-state index in [1.165, 1.54) is 5.54 Å². The molecule has 0 fully saturated rings. The number of hydrogen-bond acceptors (Lipinski definition) is 15. The first kappa shape index (κ1) is 35.0. The van der Waals surface area contributed by atoms with Gasteiger partial charge in [0, 0.05) is 31.6 Å². The summed E-state index contributed by atoms with van der Waals surface area (Å²) in [6, 6.07) is 2.09. The Morgan fingerprint density at radius 3 is 1.47 bits per heavy atom. The highest BCUT2D eigenvalue weighted by atomic mass is 31.2. The summed E-state index contributed by atoms with van der Waals surface area (Å²) in [5.74, 6) is -1.32. The highest BCUT2D eigenvalue weighted by Crippen LogP contribution is 2.39. The number of benzene rings is 1. The van der Waals surface area contributed by atoms with Crippen molar-refractivity contribution in [1.82, 2.24) is 14.7 Å². The summed E-state index contributed by atoms with van der Waals surface area (Å²) in [6.45, 7) is -2.79. The first-order chi connectivity index (χ1) is 20.3. The highest BCUT2D eigenvalue weighted by Gasteiger charge is 2.21. The molecule has 0 radical (unpaired) electrons. The van der Waals surface area contributed by atoms with E-state index in [9.17, 15) is 42.6 Å². The molecule has 3 aromatic rings. The third-order valence-corrected chi connectivity index (χ3v) is 8.51. The van der Waals surface area contributed by atoms with Crippen LogP contribution in [0.5, 0.6) is 0 Å². The lowest BCUT2D eigenvalue weighted by atomic mass is 10.1. The minimum absolute atomic E-state index is 0.211. The van der Waals surface area contributed by atoms with Crippen molar-refractivity contribution in [3.8, 4) is 0 Å². The summed E-state index contributed by atoms with van der Waals surface area (Å²) in [6.07, 6.45) is 0.456. The lowest BCUT2D eigenvalue weighted by Crippen LogP contribution is -2.28. The molecule has 4 atom stereocenters. The number of aromatic nitrogens is 2. The Labute approximate surface area is 241 Å². The molecule has 0 aliphatic rings. The van der Waals surface area contributed by atoms with Crippen LogP contribution in [0, 0.1) is 11.8 Å². The lowest BCUT2D eigenvalue weighted by Gasteiger charge is -2.24. The van der Waals surface area contributed by atoms with Crippen LogP contribution in [0.15, 0.2) is 31.3 Å². The summed E-state index contributed by atoms with van der Waals surface area (Å²) in [5, 5.41) is 17.3. The van der Waals surface area contributed by atoms with Gasteiger partial charge in [0.2, 0.25) is 0 Å². The van der Waals surface area contributed by atoms with Crippen LogP contribution in [0.4, 0.5) is 4.48 Å². The van der Waals surface area contributed by atoms with Gasteiger partial charge in [-0.3, -0.25) is 37.4 Å². The van der Waals surface area contributed by atoms with Gasteiger partial charge in [-0.25, -0.2) is 0 Å². The quantitative estimate of drug-likeness (QED) is 0.0937. The molecule has 240 valence electrons. The standard InChI is InChI=1S/C23H32FN3O14P2/c1-2-14(10-28)12-40-42(34,35)38-5-3-26-20(30)16-7-18-19(8-17(16)21(26)31)23(33)27(22(18)32)4-6-39-43(36,37)41-13-15(11-29)9-25-24/h7-8,14-15,25,28-29H,2-6,9-13H2,1H3,(H,34,35)(H,36,37)/p-2. The number of aliphatic hydroxyl groups excluding tert-OH is 2. The molecule has 1 aromatic carbocycles. The minimum atomic E-state index is -4.94. The number of rotatable bonds is 19. The molecule has 4 unspecified atom stereocenters. The molecule has 0 aliphatic heterocycles. The second-order valence-corrected chi connectivity index (χ2v) is 12.3. The molecule has 17 nitrogen and oxygen atoms in total. The molecule has 3 N–H and O–H groups in total. The largest absolute Gasteiger partial charge is 0.756 e. The van der Waals surface area contributed by atoms with Crippen LogP contribution in [0.25, 0.3) is 21.5 Å². The van der Waals surface area contributed by atoms with Gasteiger partial charge in [-0.15, -0.1) is 4.48 Å². The third kappa shape index (κ3) is 8.59. The van der Waals surface area contributed by atoms with Crippen LogP contribution in [0.1, 0.15) is 13.3 Å². The van der Waals surface area contributed by atoms with Crippen LogP contribution in [0.3, 0.4) is 0 Å². The van der Waals surface area contributed by atoms with Gasteiger partial charge in [0.05, 0.1) is 61.1 Å². The van der Waals surface area contributed by atoms with Gasteiger partial charge in [-0.05, 0) is 18.6 Å². The summed E-state index contributed by atoms with van der Waals surface area (Å²) in [5.41, 5.74) is -2.24. The lowest BCUT2D eigenvalue weighted by molar-refractivity contribution is -0.228. The van der Waals surface area contributed by atoms with Gasteiger partial charge in [-0.2, -0.15) is 5.54 Å². The van der Waals surface area contributed by atoms with Crippen molar-refractivity contribution in [2.24, 2.45) is 11.8 Å². The molecule has 2 heterocycles. The Balaban J connectivity index is 1.73. The third-order valence-electron chi connectivity index (χ3n) is 6.58. The van der Waals surface area contributed by atoms with Crippen molar-refractivity contribution in [3.63, 3.8) is 0 Å². The van der Waals surface area contributed by atoms with E-state index < -0.39 is 89.2 Å². The first-order valence-corrected chi connectivity index (χ1v) is 15.9. The SMILES string of the molecule is CCC(CO)COP(=O)([O-])OCCn1c(=O)c2cc3c(=O)n(CCOP(=O)([O-])OCC(CO)CNF)c(=O)c3cc2c1=O. The van der Waals surface area contributed by atoms with Crippen LogP contribution in [-0.4, -0.2) is 65.5 Å². The Morgan fingerprint density at radius 2 is 1.14 bits per heavy atom. The Morgan fingerprint density at radius 1 is 0.767 bits per heavy atom. The molecule has 0 saturated heterocycles. The molecule has 0 aliphatic carbocycles. The Bertz CT molecular complexity index is 1630. The summed E-state index contributed by atoms with van der Waals surface area (Å²) >= 11 is 0. The van der Waals surface area contributed by atoms with E-state index in [-0.39, 0.29) is 41.3 Å². The van der Waals surface area contributed by atoms with Crippen molar-refractivity contribution in [3.05, 3.63) is 53.5 Å². The van der Waals surface area contributed by atoms with E-state index >= 15 is 0 Å². The van der Waals surface area contributed by atoms with Crippen molar-refractivity contribution in [2.45, 2.75) is 26.4 Å². The second kappa shape index (κ2) is 15.0. The average Bonchev–Trinajstić information content (AvgIpc) is 3.34. The number of phosphoric acid groups is 2. The van der Waals surface area contributed by atoms with Gasteiger partial charge in [0.1, 0.15) is 0 Å². The minimum Gasteiger partial charge on any atom is -0.756 e. The van der Waals surface area contributed by atoms with Crippen LogP contribution < -0.4 is 37.6 Å². The fourth-order valence-electron chi connectivity index (χ4n) is 4.02. The molecule has 0 spiro atoms. The Hall–Kier alpha value is -2.47. The van der Waals surface area contributed by atoms with Gasteiger partial charge in [0.15, 0.2) is 0 Å². The van der Waals surface area contributed by atoms with Gasteiger partial charge in [-0.1, -0.05) is 6.92 Å². The fourth-order valence-corrected chi connectivity index (χ4v) is 5.57. The fraction of sp³-hybridized carbons (Fsp3) is 0.565. The van der Waals surface area contributed by atoms with Crippen molar-refractivity contribution in [1.29, 1.82) is 0 Å². The van der Waals surface area contributed by atoms with Crippen LogP contribution >= 0.6 is 15.6 Å². The molecule has 3 rings (SSSR count). The van der Waals surface area contributed by atoms with E-state index in [0.717, 1.165) is 12.1 Å². The number of aliphatic hydroxyl groups is 2. The number of nitrogens with zero attached hydrogens (tertiary/aromatic N) is 2. The maximum Gasteiger partial charge on any atom is 0.267 e. The predicted octanol–water partition coefficient (Wildman–Crippen LogP) is -1.98. The molecule has 20 heteroatoms. The van der Waals surface area contributed by atoms with Gasteiger partial charge >= 0.3 is 0 Å². The monoisotopic (exact) mass is 653 g/mol.